The number of benzene rings is 3. The van der Waals surface area contributed by atoms with Crippen LogP contribution in [0, 0.1) is 6.92 Å². The molecule has 9 nitrogen and oxygen atoms in total. The van der Waals surface area contributed by atoms with Gasteiger partial charge in [-0.25, -0.2) is 17.9 Å². The molecule has 4 aromatic rings. The fraction of sp³-hybridized carbons (Fsp3) is 0.214. The lowest BCUT2D eigenvalue weighted by molar-refractivity contribution is 0.0981. The van der Waals surface area contributed by atoms with Gasteiger partial charge < -0.3 is 14.0 Å². The minimum atomic E-state index is -4.04. The van der Waals surface area contributed by atoms with Crippen LogP contribution in [0.15, 0.2) is 71.8 Å². The van der Waals surface area contributed by atoms with E-state index in [1.54, 1.807) is 44.2 Å². The number of amides is 2. The molecule has 1 heterocycles. The summed E-state index contributed by atoms with van der Waals surface area (Å²) in [5.41, 5.74) is 4.07. The number of carbonyl (C=O) groups excluding carboxylic acids is 2. The average Bonchev–Trinajstić information content (AvgIpc) is 3.18. The maximum atomic E-state index is 12.8. The van der Waals surface area contributed by atoms with E-state index < -0.39 is 22.0 Å². The summed E-state index contributed by atoms with van der Waals surface area (Å²) in [6, 6.07) is 16.9. The maximum Gasteiger partial charge on any atom is 0.411 e. The average molecular weight is 536 g/mol. The molecule has 0 spiro atoms. The van der Waals surface area contributed by atoms with Gasteiger partial charge in [0, 0.05) is 41.8 Å². The van der Waals surface area contributed by atoms with Crippen molar-refractivity contribution in [3.8, 4) is 5.75 Å². The van der Waals surface area contributed by atoms with Gasteiger partial charge in [0.1, 0.15) is 5.75 Å². The van der Waals surface area contributed by atoms with Crippen LogP contribution in [0.1, 0.15) is 34.0 Å². The second-order valence-electron chi connectivity index (χ2n) is 8.75. The van der Waals surface area contributed by atoms with E-state index in [1.165, 1.54) is 19.2 Å². The molecule has 0 fully saturated rings. The molecule has 4 rings (SSSR count). The normalized spacial score (nSPS) is 11.3. The van der Waals surface area contributed by atoms with E-state index in [1.807, 2.05) is 36.0 Å². The molecule has 3 aromatic carbocycles. The van der Waals surface area contributed by atoms with Crippen molar-refractivity contribution >= 4 is 38.6 Å². The molecular weight excluding hydrogens is 506 g/mol. The van der Waals surface area contributed by atoms with Gasteiger partial charge in [-0.3, -0.25) is 10.1 Å². The van der Waals surface area contributed by atoms with Crippen molar-refractivity contribution in [2.75, 3.05) is 19.0 Å². The summed E-state index contributed by atoms with van der Waals surface area (Å²) in [5, 5.41) is 3.66. The summed E-state index contributed by atoms with van der Waals surface area (Å²) in [5.74, 6) is -0.304. The highest BCUT2D eigenvalue weighted by Crippen LogP contribution is 2.30. The highest BCUT2D eigenvalue weighted by molar-refractivity contribution is 7.90. The Hall–Kier alpha value is -4.31. The van der Waals surface area contributed by atoms with Gasteiger partial charge in [-0.2, -0.15) is 0 Å². The number of fused-ring (bicyclic) bond motifs is 1. The first-order valence-electron chi connectivity index (χ1n) is 11.9. The minimum Gasteiger partial charge on any atom is -0.496 e. The lowest BCUT2D eigenvalue weighted by Crippen LogP contribution is -2.31. The number of aryl methyl sites for hydroxylation is 2. The first kappa shape index (κ1) is 26.7. The fourth-order valence-electron chi connectivity index (χ4n) is 4.31. The van der Waals surface area contributed by atoms with Crippen LogP contribution in [0.25, 0.3) is 10.9 Å². The summed E-state index contributed by atoms with van der Waals surface area (Å²) >= 11 is 0. The Morgan fingerprint density at radius 1 is 1.00 bits per heavy atom. The fourth-order valence-corrected chi connectivity index (χ4v) is 5.53. The molecule has 0 saturated heterocycles. The van der Waals surface area contributed by atoms with Crippen molar-refractivity contribution in [1.29, 1.82) is 0 Å². The standard InChI is InChI=1S/C28H29N3O6S/c1-5-37-28(33)29-22-12-13-24-23(16-22)21(17-31(24)3)14-19-10-11-20(15-25(19)36-4)27(32)30-38(34,35)26-9-7-6-8-18(26)2/h6-13,15-17H,5,14H2,1-4H3,(H,29,33)(H,30,32). The van der Waals surface area contributed by atoms with Crippen LogP contribution >= 0.6 is 0 Å². The summed E-state index contributed by atoms with van der Waals surface area (Å²) in [7, 11) is -0.607. The van der Waals surface area contributed by atoms with E-state index >= 15 is 0 Å². The molecule has 0 unspecified atom stereocenters. The van der Waals surface area contributed by atoms with Gasteiger partial charge >= 0.3 is 6.09 Å². The van der Waals surface area contributed by atoms with Crippen molar-refractivity contribution in [2.24, 2.45) is 7.05 Å². The van der Waals surface area contributed by atoms with Gasteiger partial charge in [-0.15, -0.1) is 0 Å². The van der Waals surface area contributed by atoms with Crippen LogP contribution in [0.3, 0.4) is 0 Å². The number of carbonyl (C=O) groups is 2. The molecule has 198 valence electrons. The smallest absolute Gasteiger partial charge is 0.411 e. The van der Waals surface area contributed by atoms with E-state index in [4.69, 9.17) is 9.47 Å². The van der Waals surface area contributed by atoms with Crippen molar-refractivity contribution in [3.05, 3.63) is 89.1 Å². The summed E-state index contributed by atoms with van der Waals surface area (Å²) in [4.78, 5) is 24.7. The highest BCUT2D eigenvalue weighted by atomic mass is 32.2. The lowest BCUT2D eigenvalue weighted by Gasteiger charge is -2.12. The van der Waals surface area contributed by atoms with Crippen molar-refractivity contribution in [2.45, 2.75) is 25.2 Å². The zero-order valence-electron chi connectivity index (χ0n) is 21.6. The van der Waals surface area contributed by atoms with Crippen LogP contribution < -0.4 is 14.8 Å². The van der Waals surface area contributed by atoms with Gasteiger partial charge in [0.05, 0.1) is 18.6 Å². The molecule has 0 aliphatic heterocycles. The number of nitrogens with zero attached hydrogens (tertiary/aromatic N) is 1. The number of sulfonamides is 1. The number of rotatable bonds is 8. The van der Waals surface area contributed by atoms with Gasteiger partial charge in [0.2, 0.25) is 0 Å². The van der Waals surface area contributed by atoms with E-state index in [9.17, 15) is 18.0 Å². The van der Waals surface area contributed by atoms with Crippen LogP contribution in [0.5, 0.6) is 5.75 Å². The number of nitrogens with one attached hydrogen (secondary N) is 2. The molecule has 38 heavy (non-hydrogen) atoms. The second kappa shape index (κ2) is 11.0. The molecule has 10 heteroatoms. The molecular formula is C28H29N3O6S. The summed E-state index contributed by atoms with van der Waals surface area (Å²) in [6.45, 7) is 3.68. The Balaban J connectivity index is 1.59. The molecule has 2 N–H and O–H groups in total. The van der Waals surface area contributed by atoms with Crippen LogP contribution in [-0.4, -0.2) is 38.7 Å². The van der Waals surface area contributed by atoms with Gasteiger partial charge in [0.25, 0.3) is 15.9 Å². The summed E-state index contributed by atoms with van der Waals surface area (Å²) in [6.07, 6.45) is 1.95. The zero-order valence-corrected chi connectivity index (χ0v) is 22.4. The van der Waals surface area contributed by atoms with Crippen molar-refractivity contribution in [1.82, 2.24) is 9.29 Å². The predicted octanol–water partition coefficient (Wildman–Crippen LogP) is 4.77. The summed E-state index contributed by atoms with van der Waals surface area (Å²) < 4.78 is 40.2. The minimum absolute atomic E-state index is 0.0460. The molecule has 2 amide bonds. The third kappa shape index (κ3) is 5.65. The highest BCUT2D eigenvalue weighted by Gasteiger charge is 2.21. The van der Waals surface area contributed by atoms with E-state index in [0.717, 1.165) is 22.0 Å². The molecule has 1 aromatic heterocycles. The third-order valence-electron chi connectivity index (χ3n) is 6.13. The largest absolute Gasteiger partial charge is 0.496 e. The van der Waals surface area contributed by atoms with E-state index in [0.29, 0.717) is 23.4 Å². The number of aromatic nitrogens is 1. The SMILES string of the molecule is CCOC(=O)Nc1ccc2c(c1)c(Cc1ccc(C(=O)NS(=O)(=O)c3ccccc3C)cc1OC)cn2C. The Morgan fingerprint density at radius 3 is 2.47 bits per heavy atom. The Kier molecular flexibility index (Phi) is 7.72. The predicted molar refractivity (Wildman–Crippen MR) is 145 cm³/mol. The first-order valence-corrected chi connectivity index (χ1v) is 13.4. The number of methoxy groups -OCH3 is 1. The topological polar surface area (TPSA) is 116 Å². The molecule has 0 atom stereocenters. The Labute approximate surface area is 221 Å². The number of hydrogen-bond acceptors (Lipinski definition) is 6. The molecule has 0 radical (unpaired) electrons. The van der Waals surface area contributed by atoms with Crippen molar-refractivity contribution < 1.29 is 27.5 Å². The van der Waals surface area contributed by atoms with Gasteiger partial charge in [0.15, 0.2) is 0 Å². The number of hydrogen-bond donors (Lipinski definition) is 2. The van der Waals surface area contributed by atoms with Gasteiger partial charge in [-0.1, -0.05) is 24.3 Å². The second-order valence-corrected chi connectivity index (χ2v) is 10.4. The Morgan fingerprint density at radius 2 is 1.76 bits per heavy atom. The number of anilines is 1. The monoisotopic (exact) mass is 535 g/mol. The van der Waals surface area contributed by atoms with Crippen LogP contribution in [0.4, 0.5) is 10.5 Å². The first-order chi connectivity index (χ1) is 18.1. The zero-order chi connectivity index (χ0) is 27.4. The molecule has 0 aliphatic carbocycles. The molecule has 0 saturated carbocycles. The van der Waals surface area contributed by atoms with Crippen LogP contribution in [0.2, 0.25) is 0 Å². The van der Waals surface area contributed by atoms with E-state index in [2.05, 4.69) is 10.0 Å². The maximum absolute atomic E-state index is 12.8. The molecule has 0 bridgehead atoms. The van der Waals surface area contributed by atoms with Crippen LogP contribution in [-0.2, 0) is 28.2 Å². The quantitative estimate of drug-likeness (QED) is 0.336. The molecule has 0 aliphatic rings. The lowest BCUT2D eigenvalue weighted by atomic mass is 10.0. The van der Waals surface area contributed by atoms with Crippen molar-refractivity contribution in [3.63, 3.8) is 0 Å². The number of ether oxygens (including phenoxy) is 2. The Bertz CT molecular complexity index is 1630. The van der Waals surface area contributed by atoms with E-state index in [-0.39, 0.29) is 17.1 Å². The third-order valence-corrected chi connectivity index (χ3v) is 7.63. The van der Waals surface area contributed by atoms with Gasteiger partial charge in [-0.05, 0) is 66.9 Å².